The molecule has 64 valence electrons. The Labute approximate surface area is 66.8 Å². The van der Waals surface area contributed by atoms with Gasteiger partial charge in [0, 0.05) is 6.04 Å². The van der Waals surface area contributed by atoms with Crippen molar-refractivity contribution in [2.75, 3.05) is 7.05 Å². The van der Waals surface area contributed by atoms with E-state index in [-0.39, 0.29) is 5.78 Å². The molecule has 0 aromatic heterocycles. The fraction of sp³-hybridized carbons (Fsp3) is 0.875. The highest BCUT2D eigenvalue weighted by Gasteiger charge is 2.40. The van der Waals surface area contributed by atoms with Crippen LogP contribution in [0.4, 0.5) is 0 Å². The Kier molecular flexibility index (Phi) is 2.30. The Bertz CT molecular complexity index is 169. The molecule has 3 nitrogen and oxygen atoms in total. The van der Waals surface area contributed by atoms with Crippen molar-refractivity contribution in [3.05, 3.63) is 0 Å². The van der Waals surface area contributed by atoms with Gasteiger partial charge in [0.2, 0.25) is 0 Å². The molecule has 1 aliphatic rings. The quantitative estimate of drug-likeness (QED) is 0.596. The second-order valence-electron chi connectivity index (χ2n) is 3.32. The lowest BCUT2D eigenvalue weighted by atomic mass is 9.98. The summed E-state index contributed by atoms with van der Waals surface area (Å²) in [6.07, 6.45) is 2.07. The van der Waals surface area contributed by atoms with Gasteiger partial charge in [0.1, 0.15) is 5.60 Å². The van der Waals surface area contributed by atoms with Gasteiger partial charge in [0.05, 0.1) is 0 Å². The average molecular weight is 157 g/mol. The summed E-state index contributed by atoms with van der Waals surface area (Å²) >= 11 is 0. The van der Waals surface area contributed by atoms with Crippen LogP contribution in [-0.4, -0.2) is 29.6 Å². The minimum Gasteiger partial charge on any atom is -0.382 e. The number of nitrogens with one attached hydrogen (secondary N) is 1. The second-order valence-corrected chi connectivity index (χ2v) is 3.32. The van der Waals surface area contributed by atoms with Gasteiger partial charge in [-0.15, -0.1) is 0 Å². The van der Waals surface area contributed by atoms with E-state index in [0.717, 1.165) is 6.42 Å². The lowest BCUT2D eigenvalue weighted by molar-refractivity contribution is -0.134. The zero-order valence-corrected chi connectivity index (χ0v) is 7.05. The molecular formula is C8H15NO2. The van der Waals surface area contributed by atoms with Crippen LogP contribution in [-0.2, 0) is 4.79 Å². The summed E-state index contributed by atoms with van der Waals surface area (Å²) in [6.45, 7) is 1.46. The van der Waals surface area contributed by atoms with Crippen LogP contribution in [0.5, 0.6) is 0 Å². The second kappa shape index (κ2) is 2.91. The molecule has 3 heteroatoms. The molecule has 2 atom stereocenters. The third kappa shape index (κ3) is 1.60. The van der Waals surface area contributed by atoms with Crippen molar-refractivity contribution in [3.8, 4) is 0 Å². The van der Waals surface area contributed by atoms with E-state index in [1.54, 1.807) is 0 Å². The minimum atomic E-state index is -1.03. The van der Waals surface area contributed by atoms with Crippen LogP contribution in [0, 0.1) is 0 Å². The molecule has 0 amide bonds. The Morgan fingerprint density at radius 2 is 2.36 bits per heavy atom. The van der Waals surface area contributed by atoms with Crippen LogP contribution >= 0.6 is 0 Å². The standard InChI is InChI=1S/C8H15NO2/c1-6(10)8(11)4-3-7(5-8)9-2/h7,9,11H,3-5H2,1-2H3. The molecular weight excluding hydrogens is 142 g/mol. The third-order valence-electron chi connectivity index (χ3n) is 2.55. The minimum absolute atomic E-state index is 0.102. The van der Waals surface area contributed by atoms with Crippen molar-refractivity contribution in [2.24, 2.45) is 0 Å². The van der Waals surface area contributed by atoms with Gasteiger partial charge in [-0.3, -0.25) is 4.79 Å². The van der Waals surface area contributed by atoms with Crippen molar-refractivity contribution in [3.63, 3.8) is 0 Å². The smallest absolute Gasteiger partial charge is 0.161 e. The van der Waals surface area contributed by atoms with Crippen LogP contribution in [0.3, 0.4) is 0 Å². The van der Waals surface area contributed by atoms with Crippen molar-refractivity contribution in [1.29, 1.82) is 0 Å². The van der Waals surface area contributed by atoms with Gasteiger partial charge < -0.3 is 10.4 Å². The number of Topliss-reactive ketones (excluding diaryl/α,β-unsaturated/α-hetero) is 1. The molecule has 0 aliphatic heterocycles. The highest BCUT2D eigenvalue weighted by molar-refractivity contribution is 5.85. The van der Waals surface area contributed by atoms with Crippen molar-refractivity contribution in [2.45, 2.75) is 37.8 Å². The molecule has 0 aromatic rings. The first-order valence-electron chi connectivity index (χ1n) is 3.99. The maximum atomic E-state index is 11.0. The predicted octanol–water partition coefficient (Wildman–Crippen LogP) is 0.0784. The van der Waals surface area contributed by atoms with Gasteiger partial charge in [0.15, 0.2) is 5.78 Å². The number of rotatable bonds is 2. The molecule has 1 aliphatic carbocycles. The van der Waals surface area contributed by atoms with Gasteiger partial charge in [0.25, 0.3) is 0 Å². The molecule has 2 N–H and O–H groups in total. The number of carbonyl (C=O) groups is 1. The van der Waals surface area contributed by atoms with Gasteiger partial charge in [-0.1, -0.05) is 0 Å². The lowest BCUT2D eigenvalue weighted by Gasteiger charge is -2.18. The number of hydrogen-bond donors (Lipinski definition) is 2. The Morgan fingerprint density at radius 3 is 2.64 bits per heavy atom. The predicted molar refractivity (Wildman–Crippen MR) is 42.3 cm³/mol. The first kappa shape index (κ1) is 8.68. The maximum absolute atomic E-state index is 11.0. The van der Waals surface area contributed by atoms with Gasteiger partial charge >= 0.3 is 0 Å². The summed E-state index contributed by atoms with van der Waals surface area (Å²) in [5.41, 5.74) is -1.03. The molecule has 0 saturated heterocycles. The van der Waals surface area contributed by atoms with E-state index in [0.29, 0.717) is 18.9 Å². The van der Waals surface area contributed by atoms with Crippen molar-refractivity contribution < 1.29 is 9.90 Å². The number of carbonyl (C=O) groups excluding carboxylic acids is 1. The van der Waals surface area contributed by atoms with E-state index in [1.807, 2.05) is 7.05 Å². The number of hydrogen-bond acceptors (Lipinski definition) is 3. The average Bonchev–Trinajstić information content (AvgIpc) is 2.33. The van der Waals surface area contributed by atoms with Crippen LogP contribution in [0.2, 0.25) is 0 Å². The highest BCUT2D eigenvalue weighted by atomic mass is 16.3. The maximum Gasteiger partial charge on any atom is 0.161 e. The number of ketones is 1. The third-order valence-corrected chi connectivity index (χ3v) is 2.55. The molecule has 11 heavy (non-hydrogen) atoms. The normalized spacial score (nSPS) is 37.5. The Hall–Kier alpha value is -0.410. The fourth-order valence-corrected chi connectivity index (χ4v) is 1.59. The lowest BCUT2D eigenvalue weighted by Crippen LogP contribution is -2.36. The topological polar surface area (TPSA) is 49.3 Å². The summed E-state index contributed by atoms with van der Waals surface area (Å²) in [4.78, 5) is 11.0. The fourth-order valence-electron chi connectivity index (χ4n) is 1.59. The molecule has 0 heterocycles. The summed E-state index contributed by atoms with van der Waals surface area (Å²) in [5, 5.41) is 12.7. The van der Waals surface area contributed by atoms with Gasteiger partial charge in [-0.05, 0) is 33.2 Å². The van der Waals surface area contributed by atoms with E-state index in [4.69, 9.17) is 0 Å². The first-order valence-corrected chi connectivity index (χ1v) is 3.99. The summed E-state index contributed by atoms with van der Waals surface area (Å²) in [5.74, 6) is -0.102. The van der Waals surface area contributed by atoms with E-state index < -0.39 is 5.60 Å². The SMILES string of the molecule is CNC1CCC(O)(C(C)=O)C1. The molecule has 0 aromatic carbocycles. The van der Waals surface area contributed by atoms with E-state index in [1.165, 1.54) is 6.92 Å². The summed E-state index contributed by atoms with van der Waals surface area (Å²) in [7, 11) is 1.86. The van der Waals surface area contributed by atoms with E-state index in [2.05, 4.69) is 5.32 Å². The Morgan fingerprint density at radius 1 is 1.73 bits per heavy atom. The van der Waals surface area contributed by atoms with Crippen LogP contribution in [0.15, 0.2) is 0 Å². The summed E-state index contributed by atoms with van der Waals surface area (Å²) in [6, 6.07) is 0.309. The molecule has 2 unspecified atom stereocenters. The first-order chi connectivity index (χ1) is 5.08. The van der Waals surface area contributed by atoms with Crippen molar-refractivity contribution in [1.82, 2.24) is 5.32 Å². The van der Waals surface area contributed by atoms with E-state index >= 15 is 0 Å². The molecule has 0 spiro atoms. The molecule has 0 bridgehead atoms. The zero-order valence-electron chi connectivity index (χ0n) is 7.05. The molecule has 1 fully saturated rings. The molecule has 1 saturated carbocycles. The largest absolute Gasteiger partial charge is 0.382 e. The highest BCUT2D eigenvalue weighted by Crippen LogP contribution is 2.30. The van der Waals surface area contributed by atoms with Crippen molar-refractivity contribution >= 4 is 5.78 Å². The monoisotopic (exact) mass is 157 g/mol. The zero-order chi connectivity index (χ0) is 8.48. The Balaban J connectivity index is 2.57. The molecule has 0 radical (unpaired) electrons. The molecule has 1 rings (SSSR count). The van der Waals surface area contributed by atoms with E-state index in [9.17, 15) is 9.90 Å². The van der Waals surface area contributed by atoms with Crippen LogP contribution < -0.4 is 5.32 Å². The number of aliphatic hydroxyl groups is 1. The van der Waals surface area contributed by atoms with Gasteiger partial charge in [-0.2, -0.15) is 0 Å². The van der Waals surface area contributed by atoms with Gasteiger partial charge in [-0.25, -0.2) is 0 Å². The van der Waals surface area contributed by atoms with Crippen LogP contribution in [0.25, 0.3) is 0 Å². The van der Waals surface area contributed by atoms with Crippen LogP contribution in [0.1, 0.15) is 26.2 Å². The summed E-state index contributed by atoms with van der Waals surface area (Å²) < 4.78 is 0.